The molecule has 0 amide bonds. The van der Waals surface area contributed by atoms with E-state index in [0.29, 0.717) is 19.2 Å². The predicted octanol–water partition coefficient (Wildman–Crippen LogP) is 3.09. The topological polar surface area (TPSA) is 39.1 Å². The third-order valence-electron chi connectivity index (χ3n) is 2.65. The van der Waals surface area contributed by atoms with Crippen LogP contribution in [0.25, 0.3) is 0 Å². The van der Waals surface area contributed by atoms with E-state index in [2.05, 4.69) is 24.3 Å². The molecule has 0 aliphatic carbocycles. The van der Waals surface area contributed by atoms with Crippen LogP contribution < -0.4 is 10.1 Å². The first kappa shape index (κ1) is 13.4. The number of aromatic nitrogens is 2. The molecule has 0 spiro atoms. The first-order valence-electron chi connectivity index (χ1n) is 6.31. The smallest absolute Gasteiger partial charge is 0.157 e. The summed E-state index contributed by atoms with van der Waals surface area (Å²) in [6.45, 7) is 5.30. The molecule has 0 atom stereocenters. The SMILES string of the molecule is CC(C)n1cc(OCCNc2ccc(F)cc2)cn1. The number of hydrogen-bond acceptors (Lipinski definition) is 3. The van der Waals surface area contributed by atoms with Gasteiger partial charge in [0.1, 0.15) is 12.4 Å². The zero-order chi connectivity index (χ0) is 13.7. The van der Waals surface area contributed by atoms with Crippen LogP contribution in [0.2, 0.25) is 0 Å². The molecule has 1 N–H and O–H groups in total. The molecule has 0 bridgehead atoms. The van der Waals surface area contributed by atoms with Crippen LogP contribution in [-0.4, -0.2) is 22.9 Å². The van der Waals surface area contributed by atoms with Crippen molar-refractivity contribution in [2.24, 2.45) is 0 Å². The van der Waals surface area contributed by atoms with Gasteiger partial charge in [0.05, 0.1) is 12.4 Å². The van der Waals surface area contributed by atoms with E-state index in [0.717, 1.165) is 11.4 Å². The molecule has 5 heteroatoms. The summed E-state index contributed by atoms with van der Waals surface area (Å²) in [6.07, 6.45) is 3.58. The van der Waals surface area contributed by atoms with E-state index in [4.69, 9.17) is 4.74 Å². The van der Waals surface area contributed by atoms with E-state index < -0.39 is 0 Å². The van der Waals surface area contributed by atoms with Crippen molar-refractivity contribution >= 4 is 5.69 Å². The van der Waals surface area contributed by atoms with Gasteiger partial charge < -0.3 is 10.1 Å². The molecule has 102 valence electrons. The van der Waals surface area contributed by atoms with Crippen LogP contribution in [0.5, 0.6) is 5.75 Å². The zero-order valence-electron chi connectivity index (χ0n) is 11.1. The molecule has 0 saturated heterocycles. The second-order valence-electron chi connectivity index (χ2n) is 4.53. The summed E-state index contributed by atoms with van der Waals surface area (Å²) in [5.74, 6) is 0.525. The number of nitrogens with zero attached hydrogens (tertiary/aromatic N) is 2. The Bertz CT molecular complexity index is 508. The molecule has 0 aliphatic rings. The highest BCUT2D eigenvalue weighted by atomic mass is 19.1. The molecule has 0 unspecified atom stereocenters. The van der Waals surface area contributed by atoms with Crippen molar-refractivity contribution in [1.29, 1.82) is 0 Å². The fourth-order valence-electron chi connectivity index (χ4n) is 1.61. The van der Waals surface area contributed by atoms with Gasteiger partial charge in [-0.1, -0.05) is 0 Å². The van der Waals surface area contributed by atoms with Crippen molar-refractivity contribution in [2.75, 3.05) is 18.5 Å². The molecular formula is C14H18FN3O. The van der Waals surface area contributed by atoms with Gasteiger partial charge in [-0.25, -0.2) is 4.39 Å². The van der Waals surface area contributed by atoms with Gasteiger partial charge in [0.25, 0.3) is 0 Å². The van der Waals surface area contributed by atoms with Gasteiger partial charge in [0, 0.05) is 18.3 Å². The Morgan fingerprint density at radius 2 is 2.05 bits per heavy atom. The number of anilines is 1. The maximum Gasteiger partial charge on any atom is 0.157 e. The highest BCUT2D eigenvalue weighted by Crippen LogP contribution is 2.12. The van der Waals surface area contributed by atoms with Gasteiger partial charge in [-0.05, 0) is 38.1 Å². The minimum absolute atomic E-state index is 0.233. The average Bonchev–Trinajstić information content (AvgIpc) is 2.86. The lowest BCUT2D eigenvalue weighted by Gasteiger charge is -2.07. The Morgan fingerprint density at radius 1 is 1.32 bits per heavy atom. The highest BCUT2D eigenvalue weighted by molar-refractivity contribution is 5.42. The van der Waals surface area contributed by atoms with Crippen LogP contribution >= 0.6 is 0 Å². The summed E-state index contributed by atoms with van der Waals surface area (Å²) in [6, 6.07) is 6.58. The van der Waals surface area contributed by atoms with Gasteiger partial charge in [-0.15, -0.1) is 0 Å². The molecule has 2 rings (SSSR count). The normalized spacial score (nSPS) is 10.7. The fourth-order valence-corrected chi connectivity index (χ4v) is 1.61. The van der Waals surface area contributed by atoms with Crippen molar-refractivity contribution < 1.29 is 9.13 Å². The molecule has 4 nitrogen and oxygen atoms in total. The Balaban J connectivity index is 1.72. The average molecular weight is 263 g/mol. The van der Waals surface area contributed by atoms with E-state index in [1.165, 1.54) is 12.1 Å². The molecule has 2 aromatic rings. The summed E-state index contributed by atoms with van der Waals surface area (Å²) >= 11 is 0. The third kappa shape index (κ3) is 3.98. The molecule has 1 heterocycles. The number of benzene rings is 1. The first-order valence-corrected chi connectivity index (χ1v) is 6.31. The quantitative estimate of drug-likeness (QED) is 0.814. The third-order valence-corrected chi connectivity index (χ3v) is 2.65. The molecular weight excluding hydrogens is 245 g/mol. The van der Waals surface area contributed by atoms with Gasteiger partial charge in [0.15, 0.2) is 5.75 Å². The Morgan fingerprint density at radius 3 is 2.68 bits per heavy atom. The van der Waals surface area contributed by atoms with E-state index in [1.807, 2.05) is 10.9 Å². The molecule has 0 aliphatic heterocycles. The summed E-state index contributed by atoms with van der Waals surface area (Å²) in [5.41, 5.74) is 0.878. The minimum atomic E-state index is -0.233. The molecule has 1 aromatic heterocycles. The summed E-state index contributed by atoms with van der Waals surface area (Å²) in [7, 11) is 0. The Hall–Kier alpha value is -2.04. The van der Waals surface area contributed by atoms with E-state index in [9.17, 15) is 4.39 Å². The second-order valence-corrected chi connectivity index (χ2v) is 4.53. The van der Waals surface area contributed by atoms with Crippen molar-refractivity contribution in [2.45, 2.75) is 19.9 Å². The number of rotatable bonds is 6. The second kappa shape index (κ2) is 6.22. The number of nitrogens with one attached hydrogen (secondary N) is 1. The highest BCUT2D eigenvalue weighted by Gasteiger charge is 2.02. The monoisotopic (exact) mass is 263 g/mol. The van der Waals surface area contributed by atoms with Crippen molar-refractivity contribution in [1.82, 2.24) is 9.78 Å². The van der Waals surface area contributed by atoms with Gasteiger partial charge in [0.2, 0.25) is 0 Å². The summed E-state index contributed by atoms with van der Waals surface area (Å²) in [4.78, 5) is 0. The van der Waals surface area contributed by atoms with Crippen LogP contribution in [0.4, 0.5) is 10.1 Å². The minimum Gasteiger partial charge on any atom is -0.488 e. The molecule has 1 aromatic carbocycles. The Labute approximate surface area is 112 Å². The first-order chi connectivity index (χ1) is 9.15. The number of hydrogen-bond donors (Lipinski definition) is 1. The van der Waals surface area contributed by atoms with Gasteiger partial charge >= 0.3 is 0 Å². The van der Waals surface area contributed by atoms with E-state index in [1.54, 1.807) is 18.3 Å². The number of halogens is 1. The van der Waals surface area contributed by atoms with Crippen molar-refractivity contribution in [3.05, 3.63) is 42.5 Å². The lowest BCUT2D eigenvalue weighted by atomic mass is 10.3. The van der Waals surface area contributed by atoms with Crippen LogP contribution in [0, 0.1) is 5.82 Å². The fraction of sp³-hybridized carbons (Fsp3) is 0.357. The van der Waals surface area contributed by atoms with Crippen molar-refractivity contribution in [3.63, 3.8) is 0 Å². The largest absolute Gasteiger partial charge is 0.488 e. The maximum absolute atomic E-state index is 12.7. The van der Waals surface area contributed by atoms with Crippen LogP contribution in [0.3, 0.4) is 0 Å². The van der Waals surface area contributed by atoms with Crippen LogP contribution in [0.15, 0.2) is 36.7 Å². The Kier molecular flexibility index (Phi) is 4.39. The van der Waals surface area contributed by atoms with Crippen molar-refractivity contribution in [3.8, 4) is 5.75 Å². The summed E-state index contributed by atoms with van der Waals surface area (Å²) in [5, 5.41) is 7.34. The molecule has 19 heavy (non-hydrogen) atoms. The standard InChI is InChI=1S/C14H18FN3O/c1-11(2)18-10-14(9-17-18)19-8-7-16-13-5-3-12(15)4-6-13/h3-6,9-11,16H,7-8H2,1-2H3. The lowest BCUT2D eigenvalue weighted by Crippen LogP contribution is -2.11. The molecule has 0 fully saturated rings. The molecule has 0 radical (unpaired) electrons. The van der Waals surface area contributed by atoms with Crippen LogP contribution in [-0.2, 0) is 0 Å². The summed E-state index contributed by atoms with van der Waals surface area (Å²) < 4.78 is 20.1. The zero-order valence-corrected chi connectivity index (χ0v) is 11.1. The van der Waals surface area contributed by atoms with E-state index >= 15 is 0 Å². The lowest BCUT2D eigenvalue weighted by molar-refractivity contribution is 0.332. The molecule has 0 saturated carbocycles. The maximum atomic E-state index is 12.7. The van der Waals surface area contributed by atoms with Gasteiger partial charge in [-0.2, -0.15) is 5.10 Å². The van der Waals surface area contributed by atoms with Crippen LogP contribution in [0.1, 0.15) is 19.9 Å². The van der Waals surface area contributed by atoms with Gasteiger partial charge in [-0.3, -0.25) is 4.68 Å². The van der Waals surface area contributed by atoms with E-state index in [-0.39, 0.29) is 5.82 Å². The number of ether oxygens (including phenoxy) is 1. The predicted molar refractivity (Wildman–Crippen MR) is 73.0 cm³/mol.